The number of carbonyl (C=O) groups excluding carboxylic acids is 1. The van der Waals surface area contributed by atoms with Crippen molar-refractivity contribution in [3.8, 4) is 11.3 Å². The van der Waals surface area contributed by atoms with Gasteiger partial charge in [-0.2, -0.15) is 5.10 Å². The van der Waals surface area contributed by atoms with Gasteiger partial charge in [0.05, 0.1) is 22.2 Å². The molecule has 0 saturated carbocycles. The van der Waals surface area contributed by atoms with E-state index in [9.17, 15) is 4.79 Å². The summed E-state index contributed by atoms with van der Waals surface area (Å²) in [6.45, 7) is 7.61. The maximum atomic E-state index is 12.6. The molecule has 4 rings (SSSR count). The maximum Gasteiger partial charge on any atom is 0.238 e. The fourth-order valence-electron chi connectivity index (χ4n) is 3.15. The molecule has 8 heteroatoms. The first-order valence-electron chi connectivity index (χ1n) is 9.25. The number of rotatable bonds is 5. The molecular weight excluding hydrogens is 386 g/mol. The molecule has 148 valence electrons. The molecule has 0 bridgehead atoms. The Balaban J connectivity index is 1.69. The van der Waals surface area contributed by atoms with E-state index in [1.807, 2.05) is 54.8 Å². The predicted molar refractivity (Wildman–Crippen MR) is 113 cm³/mol. The van der Waals surface area contributed by atoms with Crippen molar-refractivity contribution >= 4 is 29.0 Å². The molecule has 1 atom stereocenters. The maximum absolute atomic E-state index is 12.6. The van der Waals surface area contributed by atoms with E-state index in [2.05, 4.69) is 22.5 Å². The van der Waals surface area contributed by atoms with Gasteiger partial charge in [0.2, 0.25) is 5.91 Å². The minimum Gasteiger partial charge on any atom is -0.360 e. The smallest absolute Gasteiger partial charge is 0.238 e. The summed E-state index contributed by atoms with van der Waals surface area (Å²) in [6, 6.07) is 13.7. The number of hydrogen-bond acceptors (Lipinski definition) is 6. The Morgan fingerprint density at radius 1 is 1.17 bits per heavy atom. The van der Waals surface area contributed by atoms with Gasteiger partial charge >= 0.3 is 0 Å². The molecule has 0 unspecified atom stereocenters. The molecule has 7 nitrogen and oxygen atoms in total. The molecule has 0 aliphatic heterocycles. The normalized spacial score (nSPS) is 12.3. The minimum absolute atomic E-state index is 0.175. The van der Waals surface area contributed by atoms with Gasteiger partial charge in [0.15, 0.2) is 11.0 Å². The molecule has 0 saturated heterocycles. The molecule has 4 aromatic rings. The standard InChI is InChI=1S/C21H21N5O2S/c1-12-10-13(2)24-26-19(12)18(16-8-6-5-7-9-16)23-21(26)29-15(4)20(27)22-17-11-14(3)28-25-17/h5-11,15H,1-4H3,(H,22,25,27)/t15-/m1/s1. The molecule has 1 N–H and O–H groups in total. The SMILES string of the molecule is Cc1cc(C)c2c(-c3ccccc3)nc(S[C@H](C)C(=O)Nc3cc(C)on3)n2n1. The van der Waals surface area contributed by atoms with Crippen molar-refractivity contribution in [3.63, 3.8) is 0 Å². The van der Waals surface area contributed by atoms with Crippen LogP contribution in [0.2, 0.25) is 0 Å². The van der Waals surface area contributed by atoms with Gasteiger partial charge in [-0.15, -0.1) is 0 Å². The number of nitrogens with zero attached hydrogens (tertiary/aromatic N) is 4. The second-order valence-corrected chi connectivity index (χ2v) is 8.22. The molecule has 1 amide bonds. The summed E-state index contributed by atoms with van der Waals surface area (Å²) in [5.41, 5.74) is 4.80. The Kier molecular flexibility index (Phi) is 5.10. The van der Waals surface area contributed by atoms with Crippen molar-refractivity contribution < 1.29 is 9.32 Å². The van der Waals surface area contributed by atoms with Crippen LogP contribution in [-0.2, 0) is 4.79 Å². The van der Waals surface area contributed by atoms with Crippen LogP contribution in [0.4, 0.5) is 5.82 Å². The Bertz CT molecular complexity index is 1180. The summed E-state index contributed by atoms with van der Waals surface area (Å²) in [6.07, 6.45) is 0. The molecule has 3 heterocycles. The second kappa shape index (κ2) is 7.71. The number of aryl methyl sites for hydroxylation is 3. The van der Waals surface area contributed by atoms with Gasteiger partial charge in [-0.05, 0) is 39.3 Å². The number of imidazole rings is 1. The number of aromatic nitrogens is 4. The van der Waals surface area contributed by atoms with Crippen LogP contribution >= 0.6 is 11.8 Å². The molecule has 0 aliphatic carbocycles. The van der Waals surface area contributed by atoms with Gasteiger partial charge in [-0.25, -0.2) is 9.50 Å². The number of carbonyl (C=O) groups is 1. The molecule has 29 heavy (non-hydrogen) atoms. The predicted octanol–water partition coefficient (Wildman–Crippen LogP) is 4.43. The first-order chi connectivity index (χ1) is 13.9. The number of hydrogen-bond donors (Lipinski definition) is 1. The van der Waals surface area contributed by atoms with E-state index in [0.717, 1.165) is 28.0 Å². The van der Waals surface area contributed by atoms with Crippen LogP contribution < -0.4 is 5.32 Å². The lowest BCUT2D eigenvalue weighted by Crippen LogP contribution is -2.23. The molecule has 3 aromatic heterocycles. The van der Waals surface area contributed by atoms with Gasteiger partial charge < -0.3 is 9.84 Å². The summed E-state index contributed by atoms with van der Waals surface area (Å²) in [7, 11) is 0. The number of benzene rings is 1. The number of thioether (sulfide) groups is 1. The van der Waals surface area contributed by atoms with Gasteiger partial charge in [-0.1, -0.05) is 47.3 Å². The van der Waals surface area contributed by atoms with Crippen LogP contribution in [0.15, 0.2) is 52.1 Å². The Hall–Kier alpha value is -3.13. The highest BCUT2D eigenvalue weighted by Crippen LogP contribution is 2.32. The van der Waals surface area contributed by atoms with E-state index in [-0.39, 0.29) is 5.91 Å². The van der Waals surface area contributed by atoms with Crippen molar-refractivity contribution in [2.24, 2.45) is 0 Å². The lowest BCUT2D eigenvalue weighted by atomic mass is 10.1. The Morgan fingerprint density at radius 2 is 1.93 bits per heavy atom. The topological polar surface area (TPSA) is 85.3 Å². The van der Waals surface area contributed by atoms with Crippen LogP contribution in [0, 0.1) is 20.8 Å². The van der Waals surface area contributed by atoms with E-state index < -0.39 is 5.25 Å². The van der Waals surface area contributed by atoms with E-state index in [4.69, 9.17) is 9.51 Å². The van der Waals surface area contributed by atoms with E-state index >= 15 is 0 Å². The average molecular weight is 407 g/mol. The van der Waals surface area contributed by atoms with Crippen LogP contribution in [0.1, 0.15) is 23.9 Å². The lowest BCUT2D eigenvalue weighted by Gasteiger charge is -2.09. The molecule has 1 aromatic carbocycles. The van der Waals surface area contributed by atoms with Crippen LogP contribution in [0.3, 0.4) is 0 Å². The third-order valence-corrected chi connectivity index (χ3v) is 5.50. The second-order valence-electron chi connectivity index (χ2n) is 6.91. The summed E-state index contributed by atoms with van der Waals surface area (Å²) in [4.78, 5) is 17.4. The first kappa shape index (κ1) is 19.2. The molecular formula is C21H21N5O2S. The largest absolute Gasteiger partial charge is 0.360 e. The zero-order valence-corrected chi connectivity index (χ0v) is 17.4. The van der Waals surface area contributed by atoms with E-state index in [1.54, 1.807) is 13.0 Å². The molecule has 0 aliphatic rings. The van der Waals surface area contributed by atoms with Crippen molar-refractivity contribution in [1.82, 2.24) is 19.8 Å². The van der Waals surface area contributed by atoms with Crippen molar-refractivity contribution in [3.05, 3.63) is 59.5 Å². The summed E-state index contributed by atoms with van der Waals surface area (Å²) >= 11 is 1.36. The molecule has 0 spiro atoms. The van der Waals surface area contributed by atoms with Gasteiger partial charge in [-0.3, -0.25) is 4.79 Å². The highest BCUT2D eigenvalue weighted by atomic mass is 32.2. The van der Waals surface area contributed by atoms with Crippen LogP contribution in [0.5, 0.6) is 0 Å². The van der Waals surface area contributed by atoms with Crippen molar-refractivity contribution in [1.29, 1.82) is 0 Å². The number of anilines is 1. The van der Waals surface area contributed by atoms with Crippen LogP contribution in [0.25, 0.3) is 16.8 Å². The Labute approximate surface area is 172 Å². The third-order valence-electron chi connectivity index (χ3n) is 4.46. The monoisotopic (exact) mass is 407 g/mol. The summed E-state index contributed by atoms with van der Waals surface area (Å²) in [5.74, 6) is 0.871. The first-order valence-corrected chi connectivity index (χ1v) is 10.1. The highest BCUT2D eigenvalue weighted by Gasteiger charge is 2.22. The van der Waals surface area contributed by atoms with E-state index in [0.29, 0.717) is 16.7 Å². The summed E-state index contributed by atoms with van der Waals surface area (Å²) < 4.78 is 6.84. The zero-order chi connectivity index (χ0) is 20.5. The van der Waals surface area contributed by atoms with Gasteiger partial charge in [0.1, 0.15) is 5.76 Å². The fraction of sp³-hybridized carbons (Fsp3) is 0.238. The zero-order valence-electron chi connectivity index (χ0n) is 16.6. The molecule has 0 radical (unpaired) electrons. The lowest BCUT2D eigenvalue weighted by molar-refractivity contribution is -0.115. The fourth-order valence-corrected chi connectivity index (χ4v) is 4.00. The minimum atomic E-state index is -0.399. The van der Waals surface area contributed by atoms with Crippen molar-refractivity contribution in [2.75, 3.05) is 5.32 Å². The highest BCUT2D eigenvalue weighted by molar-refractivity contribution is 8.00. The van der Waals surface area contributed by atoms with Gasteiger partial charge in [0.25, 0.3) is 0 Å². The summed E-state index contributed by atoms with van der Waals surface area (Å²) in [5, 5.41) is 11.5. The van der Waals surface area contributed by atoms with Gasteiger partial charge in [0, 0.05) is 11.6 Å². The van der Waals surface area contributed by atoms with E-state index in [1.165, 1.54) is 11.8 Å². The van der Waals surface area contributed by atoms with Crippen molar-refractivity contribution in [2.45, 2.75) is 38.1 Å². The van der Waals surface area contributed by atoms with Crippen LogP contribution in [-0.4, -0.2) is 30.9 Å². The average Bonchev–Trinajstić information content (AvgIpc) is 3.26. The Morgan fingerprint density at radius 3 is 2.62 bits per heavy atom. The molecule has 0 fully saturated rings. The number of amides is 1. The third kappa shape index (κ3) is 3.88. The number of fused-ring (bicyclic) bond motifs is 1. The quantitative estimate of drug-likeness (QED) is 0.493. The number of nitrogens with one attached hydrogen (secondary N) is 1.